The van der Waals surface area contributed by atoms with E-state index in [4.69, 9.17) is 11.6 Å². The van der Waals surface area contributed by atoms with E-state index in [0.29, 0.717) is 39.2 Å². The molecule has 3 aromatic heterocycles. The van der Waals surface area contributed by atoms with Crippen molar-refractivity contribution in [1.82, 2.24) is 24.5 Å². The lowest BCUT2D eigenvalue weighted by Crippen LogP contribution is -2.27. The third-order valence-corrected chi connectivity index (χ3v) is 6.91. The van der Waals surface area contributed by atoms with E-state index < -0.39 is 0 Å². The van der Waals surface area contributed by atoms with Crippen LogP contribution < -0.4 is 10.9 Å². The minimum atomic E-state index is -0.247. The van der Waals surface area contributed by atoms with E-state index in [-0.39, 0.29) is 17.9 Å². The molecule has 0 aliphatic rings. The Hall–Kier alpha value is -3.75. The molecule has 0 fully saturated rings. The number of halogens is 1. The summed E-state index contributed by atoms with van der Waals surface area (Å²) in [5.41, 5.74) is 4.43. The molecule has 0 atom stereocenters. The molecule has 0 spiro atoms. The van der Waals surface area contributed by atoms with Crippen molar-refractivity contribution in [1.29, 1.82) is 0 Å². The van der Waals surface area contributed by atoms with Crippen LogP contribution in [0.4, 0.5) is 0 Å². The Balaban J connectivity index is 1.49. The third-order valence-electron chi connectivity index (χ3n) is 5.72. The molecular weight excluding hydrogens is 482 g/mol. The molecule has 9 heteroatoms. The molecule has 35 heavy (non-hydrogen) atoms. The van der Waals surface area contributed by atoms with Gasteiger partial charge in [-0.2, -0.15) is 5.10 Å². The van der Waals surface area contributed by atoms with Gasteiger partial charge >= 0.3 is 0 Å². The summed E-state index contributed by atoms with van der Waals surface area (Å²) in [5.74, 6) is -0.165. The predicted molar refractivity (Wildman–Crippen MR) is 138 cm³/mol. The van der Waals surface area contributed by atoms with Crippen LogP contribution >= 0.6 is 22.9 Å². The minimum absolute atomic E-state index is 0.0734. The standard InChI is InChI=1S/C26H22ClN5O2S/c1-16-12-21(30-32(16)22-11-7-6-10-20(22)27)24-17(2)29-26-31(25(24)34)19(15-35-26)13-23(33)28-14-18-8-4-3-5-9-18/h3-12,15H,13-14H2,1-2H3,(H,28,33). The first-order valence-corrected chi connectivity index (χ1v) is 12.3. The quantitative estimate of drug-likeness (QED) is 0.363. The van der Waals surface area contributed by atoms with Crippen molar-refractivity contribution in [2.75, 3.05) is 0 Å². The number of carbonyl (C=O) groups excluding carboxylic acids is 1. The van der Waals surface area contributed by atoms with Gasteiger partial charge in [-0.3, -0.25) is 14.0 Å². The highest BCUT2D eigenvalue weighted by atomic mass is 35.5. The van der Waals surface area contributed by atoms with Crippen LogP contribution in [-0.4, -0.2) is 25.1 Å². The van der Waals surface area contributed by atoms with E-state index in [1.165, 1.54) is 15.7 Å². The van der Waals surface area contributed by atoms with Gasteiger partial charge in [0, 0.05) is 23.3 Å². The molecule has 5 rings (SSSR count). The topological polar surface area (TPSA) is 81.3 Å². The van der Waals surface area contributed by atoms with Crippen molar-refractivity contribution in [2.24, 2.45) is 0 Å². The lowest BCUT2D eigenvalue weighted by atomic mass is 10.1. The van der Waals surface area contributed by atoms with Crippen molar-refractivity contribution < 1.29 is 4.79 Å². The number of fused-ring (bicyclic) bond motifs is 1. The van der Waals surface area contributed by atoms with Crippen molar-refractivity contribution in [3.05, 3.63) is 104 Å². The van der Waals surface area contributed by atoms with Crippen LogP contribution in [0.2, 0.25) is 5.02 Å². The summed E-state index contributed by atoms with van der Waals surface area (Å²) in [4.78, 5) is 31.4. The van der Waals surface area contributed by atoms with E-state index in [1.807, 2.05) is 66.9 Å². The van der Waals surface area contributed by atoms with Crippen LogP contribution in [0.1, 0.15) is 22.6 Å². The SMILES string of the molecule is Cc1nc2scc(CC(=O)NCc3ccccc3)n2c(=O)c1-c1cc(C)n(-c2ccccc2Cl)n1. The Morgan fingerprint density at radius 3 is 2.60 bits per heavy atom. The van der Waals surface area contributed by atoms with Gasteiger partial charge in [-0.05, 0) is 37.6 Å². The predicted octanol–water partition coefficient (Wildman–Crippen LogP) is 4.74. The van der Waals surface area contributed by atoms with Crippen LogP contribution in [0.15, 0.2) is 70.8 Å². The first-order chi connectivity index (χ1) is 16.9. The molecule has 176 valence electrons. The van der Waals surface area contributed by atoms with Crippen molar-refractivity contribution in [2.45, 2.75) is 26.8 Å². The molecule has 0 saturated heterocycles. The lowest BCUT2D eigenvalue weighted by molar-refractivity contribution is -0.120. The highest BCUT2D eigenvalue weighted by molar-refractivity contribution is 7.15. The smallest absolute Gasteiger partial charge is 0.268 e. The van der Waals surface area contributed by atoms with E-state index >= 15 is 0 Å². The first-order valence-electron chi connectivity index (χ1n) is 11.0. The van der Waals surface area contributed by atoms with E-state index in [1.54, 1.807) is 17.7 Å². The number of thiazole rings is 1. The zero-order valence-corrected chi connectivity index (χ0v) is 20.7. The second-order valence-corrected chi connectivity index (χ2v) is 9.44. The Morgan fingerprint density at radius 2 is 1.83 bits per heavy atom. The van der Waals surface area contributed by atoms with Gasteiger partial charge in [0.1, 0.15) is 5.69 Å². The second kappa shape index (κ2) is 9.48. The maximum Gasteiger partial charge on any atom is 0.268 e. The summed E-state index contributed by atoms with van der Waals surface area (Å²) in [6.45, 7) is 4.14. The number of hydrogen-bond acceptors (Lipinski definition) is 5. The molecule has 5 aromatic rings. The van der Waals surface area contributed by atoms with Gasteiger partial charge in [0.15, 0.2) is 4.96 Å². The summed E-state index contributed by atoms with van der Waals surface area (Å²) in [6, 6.07) is 18.9. The zero-order valence-electron chi connectivity index (χ0n) is 19.2. The fraction of sp³-hybridized carbons (Fsp3) is 0.154. The molecule has 3 heterocycles. The monoisotopic (exact) mass is 503 g/mol. The number of carbonyl (C=O) groups is 1. The summed E-state index contributed by atoms with van der Waals surface area (Å²) in [5, 5.41) is 9.97. The van der Waals surface area contributed by atoms with Crippen LogP contribution in [0.25, 0.3) is 21.9 Å². The molecule has 0 aliphatic carbocycles. The van der Waals surface area contributed by atoms with Crippen molar-refractivity contribution >= 4 is 33.8 Å². The summed E-state index contributed by atoms with van der Waals surface area (Å²) >= 11 is 7.71. The number of aryl methyl sites for hydroxylation is 2. The fourth-order valence-corrected chi connectivity index (χ4v) is 5.15. The largest absolute Gasteiger partial charge is 0.352 e. The van der Waals surface area contributed by atoms with E-state index in [2.05, 4.69) is 15.4 Å². The average Bonchev–Trinajstić information content (AvgIpc) is 3.42. The Morgan fingerprint density at radius 1 is 1.09 bits per heavy atom. The van der Waals surface area contributed by atoms with Crippen LogP contribution in [0.3, 0.4) is 0 Å². The number of nitrogens with one attached hydrogen (secondary N) is 1. The van der Waals surface area contributed by atoms with E-state index in [9.17, 15) is 9.59 Å². The number of benzene rings is 2. The highest BCUT2D eigenvalue weighted by Crippen LogP contribution is 2.26. The summed E-state index contributed by atoms with van der Waals surface area (Å²) in [6.07, 6.45) is 0.0734. The van der Waals surface area contributed by atoms with Gasteiger partial charge in [0.25, 0.3) is 5.56 Å². The molecule has 1 N–H and O–H groups in total. The molecule has 1 amide bonds. The summed E-state index contributed by atoms with van der Waals surface area (Å²) < 4.78 is 3.23. The Kier molecular flexibility index (Phi) is 6.23. The number of para-hydroxylation sites is 1. The van der Waals surface area contributed by atoms with E-state index in [0.717, 1.165) is 16.9 Å². The Labute approximate surface area is 210 Å². The molecular formula is C26H22ClN5O2S. The van der Waals surface area contributed by atoms with Gasteiger partial charge in [-0.15, -0.1) is 11.3 Å². The zero-order chi connectivity index (χ0) is 24.5. The average molecular weight is 504 g/mol. The molecule has 7 nitrogen and oxygen atoms in total. The molecule has 2 aromatic carbocycles. The van der Waals surface area contributed by atoms with Crippen LogP contribution in [0.5, 0.6) is 0 Å². The normalized spacial score (nSPS) is 11.2. The fourth-order valence-electron chi connectivity index (χ4n) is 4.01. The van der Waals surface area contributed by atoms with Gasteiger partial charge < -0.3 is 5.32 Å². The molecule has 0 radical (unpaired) electrons. The third kappa shape index (κ3) is 4.50. The molecule has 0 bridgehead atoms. The van der Waals surface area contributed by atoms with Crippen molar-refractivity contribution in [3.8, 4) is 16.9 Å². The van der Waals surface area contributed by atoms with Crippen LogP contribution in [-0.2, 0) is 17.8 Å². The van der Waals surface area contributed by atoms with Crippen molar-refractivity contribution in [3.63, 3.8) is 0 Å². The molecule has 0 saturated carbocycles. The molecule has 0 unspecified atom stereocenters. The maximum absolute atomic E-state index is 13.6. The Bertz CT molecular complexity index is 1600. The number of amides is 1. The number of nitrogens with zero attached hydrogens (tertiary/aromatic N) is 4. The van der Waals surface area contributed by atoms with Gasteiger partial charge in [0.05, 0.1) is 28.4 Å². The van der Waals surface area contributed by atoms with Gasteiger partial charge in [-0.25, -0.2) is 9.67 Å². The summed E-state index contributed by atoms with van der Waals surface area (Å²) in [7, 11) is 0. The lowest BCUT2D eigenvalue weighted by Gasteiger charge is -2.08. The number of aromatic nitrogens is 4. The van der Waals surface area contributed by atoms with Crippen LogP contribution in [0, 0.1) is 13.8 Å². The maximum atomic E-state index is 13.6. The van der Waals surface area contributed by atoms with Gasteiger partial charge in [-0.1, -0.05) is 54.1 Å². The van der Waals surface area contributed by atoms with Gasteiger partial charge in [0.2, 0.25) is 5.91 Å². The highest BCUT2D eigenvalue weighted by Gasteiger charge is 2.20. The second-order valence-electron chi connectivity index (χ2n) is 8.20. The first kappa shape index (κ1) is 23.0. The number of rotatable bonds is 6. The minimum Gasteiger partial charge on any atom is -0.352 e. The molecule has 0 aliphatic heterocycles. The number of hydrogen-bond donors (Lipinski definition) is 1.